The molecule has 0 aliphatic heterocycles. The maximum atomic E-state index is 5.12. The van der Waals surface area contributed by atoms with Crippen molar-refractivity contribution in [3.05, 3.63) is 156 Å². The van der Waals surface area contributed by atoms with Gasteiger partial charge in [-0.15, -0.1) is 0 Å². The molecule has 9 rings (SSSR count). The fraction of sp³-hybridized carbons (Fsp3) is 0.0930. The van der Waals surface area contributed by atoms with Crippen molar-refractivity contribution in [2.45, 2.75) is 24.4 Å². The van der Waals surface area contributed by atoms with Crippen LogP contribution in [-0.2, 0) is 10.5 Å². The molecular weight excluding hydrogens is 577 g/mol. The number of hydrogen-bond acceptors (Lipinski definition) is 1. The van der Waals surface area contributed by atoms with Gasteiger partial charge in [-0.3, -0.25) is 4.57 Å². The molecule has 1 aliphatic carbocycles. The normalized spacial score (nSPS) is 13.6. The van der Waals surface area contributed by atoms with Gasteiger partial charge in [-0.05, 0) is 96.4 Å². The van der Waals surface area contributed by atoms with Crippen molar-refractivity contribution in [2.24, 2.45) is 0 Å². The molecule has 0 saturated carbocycles. The third-order valence-corrected chi connectivity index (χ3v) is 10.4. The summed E-state index contributed by atoms with van der Waals surface area (Å²) < 4.78 is 2.35. The van der Waals surface area contributed by atoms with Gasteiger partial charge in [-0.1, -0.05) is 128 Å². The van der Waals surface area contributed by atoms with Gasteiger partial charge in [0, 0.05) is 11.1 Å². The van der Waals surface area contributed by atoms with Crippen molar-refractivity contribution in [3.63, 3.8) is 0 Å². The molecule has 0 unspecified atom stereocenters. The molecule has 0 atom stereocenters. The van der Waals surface area contributed by atoms with Crippen LogP contribution in [-0.4, -0.2) is 33.1 Å². The molecule has 5 heteroatoms. The Morgan fingerprint density at radius 1 is 0.542 bits per heavy atom. The highest BCUT2D eigenvalue weighted by Crippen LogP contribution is 2.51. The van der Waals surface area contributed by atoms with Gasteiger partial charge >= 0.3 is 0 Å². The third-order valence-electron chi connectivity index (χ3n) is 10.4. The standard InChI is InChI=1S/C43H35B3N2/c1-42(2)35-19-8-7-14-29(35)30-23-22-27(25-36(30)42)40-33-17-5-3-15-31(33)39(32-16-4-6-18-34(32)40)26-12-11-13-28(24-26)48-38-21-10-9-20-37(38)47-41(48)43(44,45)46/h3-25H,44-46H2,1-2H3. The third kappa shape index (κ3) is 4.20. The van der Waals surface area contributed by atoms with Crippen LogP contribution in [0.15, 0.2) is 140 Å². The topological polar surface area (TPSA) is 17.8 Å². The first-order valence-electron chi connectivity index (χ1n) is 17.0. The summed E-state index contributed by atoms with van der Waals surface area (Å²) in [6.07, 6.45) is 0. The van der Waals surface area contributed by atoms with E-state index in [9.17, 15) is 0 Å². The van der Waals surface area contributed by atoms with Crippen molar-refractivity contribution >= 4 is 56.1 Å². The largest absolute Gasteiger partial charge is 0.298 e. The Morgan fingerprint density at radius 3 is 1.77 bits per heavy atom. The van der Waals surface area contributed by atoms with Gasteiger partial charge in [0.05, 0.1) is 40.4 Å². The van der Waals surface area contributed by atoms with E-state index in [1.54, 1.807) is 0 Å². The van der Waals surface area contributed by atoms with E-state index in [0.29, 0.717) is 0 Å². The highest BCUT2D eigenvalue weighted by Gasteiger charge is 2.35. The SMILES string of the molecule is BC(B)(B)c1nc2ccccc2n1-c1cccc(-c2c3ccccc3c(-c3ccc4c(c3)C(C)(C)c3ccccc3-4)c3ccccc23)c1. The number of nitrogens with zero attached hydrogens (tertiary/aromatic N) is 2. The molecule has 0 bridgehead atoms. The maximum absolute atomic E-state index is 5.12. The van der Waals surface area contributed by atoms with Crippen LogP contribution in [0.2, 0.25) is 0 Å². The lowest BCUT2D eigenvalue weighted by molar-refractivity contribution is 0.660. The van der Waals surface area contributed by atoms with Crippen molar-refractivity contribution in [2.75, 3.05) is 0 Å². The van der Waals surface area contributed by atoms with Crippen LogP contribution < -0.4 is 0 Å². The van der Waals surface area contributed by atoms with Crippen molar-refractivity contribution in [1.82, 2.24) is 9.55 Å². The molecule has 2 nitrogen and oxygen atoms in total. The molecule has 7 aromatic carbocycles. The molecular formula is C43H35B3N2. The van der Waals surface area contributed by atoms with Gasteiger partial charge < -0.3 is 0 Å². The number of fused-ring (bicyclic) bond motifs is 6. The van der Waals surface area contributed by atoms with E-state index in [4.69, 9.17) is 4.98 Å². The summed E-state index contributed by atoms with van der Waals surface area (Å²) in [4.78, 5) is 5.12. The second-order valence-electron chi connectivity index (χ2n) is 14.8. The highest BCUT2D eigenvalue weighted by atomic mass is 15.1. The molecule has 1 aliphatic rings. The average molecular weight is 612 g/mol. The maximum Gasteiger partial charge on any atom is 0.0994 e. The Labute approximate surface area is 284 Å². The first-order valence-corrected chi connectivity index (χ1v) is 17.0. The second-order valence-corrected chi connectivity index (χ2v) is 14.8. The molecule has 1 aromatic heterocycles. The van der Waals surface area contributed by atoms with Gasteiger partial charge in [0.25, 0.3) is 0 Å². The van der Waals surface area contributed by atoms with Crippen molar-refractivity contribution in [3.8, 4) is 39.1 Å². The number of hydrogen-bond donors (Lipinski definition) is 0. The van der Waals surface area contributed by atoms with Crippen LogP contribution >= 0.6 is 0 Å². The number of rotatable bonds is 4. The zero-order chi connectivity index (χ0) is 32.8. The van der Waals surface area contributed by atoms with Gasteiger partial charge in [0.2, 0.25) is 0 Å². The lowest BCUT2D eigenvalue weighted by Gasteiger charge is -2.23. The molecule has 0 spiro atoms. The summed E-state index contributed by atoms with van der Waals surface area (Å²) in [6.45, 7) is 4.73. The fourth-order valence-electron chi connectivity index (χ4n) is 8.20. The number of aromatic nitrogens is 2. The Hall–Kier alpha value is -5.28. The smallest absolute Gasteiger partial charge is 0.0994 e. The minimum atomic E-state index is -0.123. The molecule has 8 aromatic rings. The first kappa shape index (κ1) is 28.9. The molecule has 0 radical (unpaired) electrons. The molecule has 226 valence electrons. The zero-order valence-electron chi connectivity index (χ0n) is 28.2. The number of para-hydroxylation sites is 2. The fourth-order valence-corrected chi connectivity index (χ4v) is 8.20. The monoisotopic (exact) mass is 612 g/mol. The van der Waals surface area contributed by atoms with E-state index in [2.05, 4.69) is 181 Å². The molecule has 1 heterocycles. The van der Waals surface area contributed by atoms with Crippen molar-refractivity contribution < 1.29 is 0 Å². The molecule has 0 saturated heterocycles. The van der Waals surface area contributed by atoms with Crippen LogP contribution in [0.1, 0.15) is 30.8 Å². The quantitative estimate of drug-likeness (QED) is 0.146. The molecule has 0 N–H and O–H groups in total. The molecule has 48 heavy (non-hydrogen) atoms. The summed E-state index contributed by atoms with van der Waals surface area (Å²) in [5.74, 6) is 1.06. The van der Waals surface area contributed by atoms with E-state index in [0.717, 1.165) is 22.5 Å². The van der Waals surface area contributed by atoms with Gasteiger partial charge in [0.1, 0.15) is 0 Å². The van der Waals surface area contributed by atoms with Crippen LogP contribution in [0, 0.1) is 0 Å². The van der Waals surface area contributed by atoms with E-state index in [-0.39, 0.29) is 10.5 Å². The van der Waals surface area contributed by atoms with Crippen LogP contribution in [0.5, 0.6) is 0 Å². The van der Waals surface area contributed by atoms with E-state index >= 15 is 0 Å². The van der Waals surface area contributed by atoms with E-state index < -0.39 is 0 Å². The zero-order valence-corrected chi connectivity index (χ0v) is 28.2. The summed E-state index contributed by atoms with van der Waals surface area (Å²) in [6, 6.07) is 51.5. The predicted molar refractivity (Wildman–Crippen MR) is 212 cm³/mol. The van der Waals surface area contributed by atoms with Gasteiger partial charge in [0.15, 0.2) is 0 Å². The predicted octanol–water partition coefficient (Wildman–Crippen LogP) is 7.98. The van der Waals surface area contributed by atoms with Crippen LogP contribution in [0.25, 0.3) is 71.6 Å². The summed E-state index contributed by atoms with van der Waals surface area (Å²) in [5, 5.41) is 4.94. The summed E-state index contributed by atoms with van der Waals surface area (Å²) in [5.41, 5.74) is 13.8. The van der Waals surface area contributed by atoms with Gasteiger partial charge in [-0.2, -0.15) is 0 Å². The van der Waals surface area contributed by atoms with E-state index in [1.807, 2.05) is 0 Å². The highest BCUT2D eigenvalue weighted by molar-refractivity contribution is 6.58. The Bertz CT molecular complexity index is 2530. The Balaban J connectivity index is 1.30. The number of benzene rings is 7. The minimum Gasteiger partial charge on any atom is -0.298 e. The summed E-state index contributed by atoms with van der Waals surface area (Å²) >= 11 is 0. The van der Waals surface area contributed by atoms with Gasteiger partial charge in [-0.25, -0.2) is 4.98 Å². The second kappa shape index (κ2) is 10.4. The van der Waals surface area contributed by atoms with Crippen molar-refractivity contribution in [1.29, 1.82) is 0 Å². The van der Waals surface area contributed by atoms with Crippen LogP contribution in [0.3, 0.4) is 0 Å². The average Bonchev–Trinajstić information content (AvgIpc) is 3.61. The lowest BCUT2D eigenvalue weighted by Crippen LogP contribution is -2.31. The Kier molecular flexibility index (Phi) is 6.24. The number of imidazole rings is 1. The first-order chi connectivity index (χ1) is 23.2. The Morgan fingerprint density at radius 2 is 1.10 bits per heavy atom. The molecule has 0 fully saturated rings. The van der Waals surface area contributed by atoms with E-state index in [1.165, 1.54) is 66.1 Å². The van der Waals surface area contributed by atoms with Crippen LogP contribution in [0.4, 0.5) is 0 Å². The molecule has 0 amide bonds. The minimum absolute atomic E-state index is 0.0582. The lowest BCUT2D eigenvalue weighted by atomic mass is 9.42. The summed E-state index contributed by atoms with van der Waals surface area (Å²) in [7, 11) is 6.73.